The van der Waals surface area contributed by atoms with Crippen molar-refractivity contribution in [2.24, 2.45) is 0 Å². The van der Waals surface area contributed by atoms with E-state index in [2.05, 4.69) is 20.1 Å². The van der Waals surface area contributed by atoms with Gasteiger partial charge in [-0.25, -0.2) is 9.97 Å². The molecule has 138 valence electrons. The number of ether oxygens (including phenoxy) is 3. The summed E-state index contributed by atoms with van der Waals surface area (Å²) in [4.78, 5) is 15.0. The Morgan fingerprint density at radius 3 is 2.46 bits per heavy atom. The van der Waals surface area contributed by atoms with Gasteiger partial charge in [-0.05, 0) is 6.07 Å². The molecule has 0 bridgehead atoms. The number of fused-ring (bicyclic) bond motifs is 1. The number of hydrogen-bond donors (Lipinski definition) is 0. The second-order valence-electron chi connectivity index (χ2n) is 5.55. The Bertz CT molecular complexity index is 912. The lowest BCUT2D eigenvalue weighted by molar-refractivity contribution is 0.327. The smallest absolute Gasteiger partial charge is 0.226 e. The summed E-state index contributed by atoms with van der Waals surface area (Å²) in [6, 6.07) is 1.83. The van der Waals surface area contributed by atoms with Gasteiger partial charge in [-0.15, -0.1) is 0 Å². The van der Waals surface area contributed by atoms with E-state index in [-0.39, 0.29) is 0 Å². The van der Waals surface area contributed by atoms with Crippen LogP contribution in [0.1, 0.15) is 18.6 Å². The van der Waals surface area contributed by atoms with E-state index in [1.165, 1.54) is 6.33 Å². The van der Waals surface area contributed by atoms with Gasteiger partial charge in [0.15, 0.2) is 17.3 Å². The van der Waals surface area contributed by atoms with Gasteiger partial charge in [0.2, 0.25) is 11.6 Å². The van der Waals surface area contributed by atoms with E-state index in [4.69, 9.17) is 18.7 Å². The lowest BCUT2D eigenvalue weighted by Gasteiger charge is -2.20. The van der Waals surface area contributed by atoms with E-state index in [1.807, 2.05) is 24.9 Å². The van der Waals surface area contributed by atoms with Crippen LogP contribution in [0.15, 0.2) is 16.9 Å². The molecule has 0 amide bonds. The van der Waals surface area contributed by atoms with Gasteiger partial charge in [0, 0.05) is 13.5 Å². The van der Waals surface area contributed by atoms with E-state index < -0.39 is 0 Å². The fourth-order valence-corrected chi connectivity index (χ4v) is 2.74. The van der Waals surface area contributed by atoms with Crippen molar-refractivity contribution in [1.29, 1.82) is 0 Å². The molecule has 0 fully saturated rings. The highest BCUT2D eigenvalue weighted by atomic mass is 16.5. The molecule has 0 atom stereocenters. The van der Waals surface area contributed by atoms with Gasteiger partial charge in [-0.1, -0.05) is 12.1 Å². The second kappa shape index (κ2) is 7.42. The first-order chi connectivity index (χ1) is 12.6. The van der Waals surface area contributed by atoms with Crippen molar-refractivity contribution in [3.05, 3.63) is 24.1 Å². The molecule has 3 aromatic rings. The van der Waals surface area contributed by atoms with Gasteiger partial charge in [0.25, 0.3) is 0 Å². The molecule has 26 heavy (non-hydrogen) atoms. The fourth-order valence-electron chi connectivity index (χ4n) is 2.74. The largest absolute Gasteiger partial charge is 0.493 e. The van der Waals surface area contributed by atoms with Gasteiger partial charge in [-0.3, -0.25) is 0 Å². The average Bonchev–Trinajstić information content (AvgIpc) is 3.13. The summed E-state index contributed by atoms with van der Waals surface area (Å²) >= 11 is 0. The maximum atomic E-state index is 5.51. The van der Waals surface area contributed by atoms with Crippen LogP contribution in [0.25, 0.3) is 10.9 Å². The van der Waals surface area contributed by atoms with E-state index in [0.29, 0.717) is 53.3 Å². The zero-order valence-electron chi connectivity index (χ0n) is 15.4. The third-order valence-corrected chi connectivity index (χ3v) is 3.96. The van der Waals surface area contributed by atoms with Gasteiger partial charge < -0.3 is 23.6 Å². The maximum Gasteiger partial charge on any atom is 0.226 e. The first kappa shape index (κ1) is 17.7. The van der Waals surface area contributed by atoms with E-state index in [0.717, 1.165) is 5.39 Å². The maximum absolute atomic E-state index is 5.51. The van der Waals surface area contributed by atoms with E-state index >= 15 is 0 Å². The van der Waals surface area contributed by atoms with Crippen LogP contribution in [0.5, 0.6) is 17.2 Å². The number of anilines is 1. The van der Waals surface area contributed by atoms with Crippen LogP contribution >= 0.6 is 0 Å². The summed E-state index contributed by atoms with van der Waals surface area (Å²) in [5.41, 5.74) is 0.629. The zero-order valence-corrected chi connectivity index (χ0v) is 15.4. The summed E-state index contributed by atoms with van der Waals surface area (Å²) in [6.45, 7) is 2.40. The number of benzene rings is 1. The minimum Gasteiger partial charge on any atom is -0.493 e. The van der Waals surface area contributed by atoms with Crippen molar-refractivity contribution < 1.29 is 18.7 Å². The molecule has 2 heterocycles. The SMILES string of the molecule is CCc1nc(CN(C)c2ncnc3c(OC)c(OC)c(OC)cc23)no1. The molecule has 9 heteroatoms. The van der Waals surface area contributed by atoms with Crippen LogP contribution in [-0.2, 0) is 13.0 Å². The molecular formula is C17H21N5O4. The third kappa shape index (κ3) is 3.07. The molecule has 0 aliphatic heterocycles. The summed E-state index contributed by atoms with van der Waals surface area (Å²) in [7, 11) is 6.59. The molecule has 0 N–H and O–H groups in total. The van der Waals surface area contributed by atoms with Crippen LogP contribution in [-0.4, -0.2) is 48.5 Å². The van der Waals surface area contributed by atoms with Gasteiger partial charge in [0.05, 0.1) is 33.3 Å². The van der Waals surface area contributed by atoms with Crippen molar-refractivity contribution in [2.45, 2.75) is 19.9 Å². The minimum atomic E-state index is 0.437. The number of rotatable bonds is 7. The Morgan fingerprint density at radius 1 is 1.08 bits per heavy atom. The predicted octanol–water partition coefficient (Wildman–Crippen LogP) is 2.24. The van der Waals surface area contributed by atoms with Crippen molar-refractivity contribution >= 4 is 16.7 Å². The molecule has 2 aromatic heterocycles. The first-order valence-electron chi connectivity index (χ1n) is 8.09. The second-order valence-corrected chi connectivity index (χ2v) is 5.55. The Kier molecular flexibility index (Phi) is 5.06. The topological polar surface area (TPSA) is 95.6 Å². The summed E-state index contributed by atoms with van der Waals surface area (Å²) in [5.74, 6) is 3.40. The normalized spacial score (nSPS) is 10.8. The molecule has 0 saturated heterocycles. The lowest BCUT2D eigenvalue weighted by atomic mass is 10.1. The van der Waals surface area contributed by atoms with E-state index in [1.54, 1.807) is 21.3 Å². The number of hydrogen-bond acceptors (Lipinski definition) is 9. The molecular weight excluding hydrogens is 338 g/mol. The average molecular weight is 359 g/mol. The number of aromatic nitrogens is 4. The molecule has 3 rings (SSSR count). The predicted molar refractivity (Wildman–Crippen MR) is 95.0 cm³/mol. The highest BCUT2D eigenvalue weighted by Crippen LogP contribution is 2.44. The molecule has 0 unspecified atom stereocenters. The van der Waals surface area contributed by atoms with Crippen LogP contribution in [0.4, 0.5) is 5.82 Å². The Labute approximate surface area is 150 Å². The quantitative estimate of drug-likeness (QED) is 0.629. The standard InChI is InChI=1S/C17H21N5O4/c1-6-13-20-12(21-26-13)8-22(2)17-10-7-11(23-3)15(24-4)16(25-5)14(10)18-9-19-17/h7,9H,6,8H2,1-5H3. The number of methoxy groups -OCH3 is 3. The molecule has 1 aromatic carbocycles. The molecule has 0 radical (unpaired) electrons. The van der Waals surface area contributed by atoms with Gasteiger partial charge in [0.1, 0.15) is 17.7 Å². The first-order valence-corrected chi connectivity index (χ1v) is 8.09. The van der Waals surface area contributed by atoms with Gasteiger partial charge in [-0.2, -0.15) is 4.98 Å². The molecule has 0 spiro atoms. The fraction of sp³-hybridized carbons (Fsp3) is 0.412. The Balaban J connectivity index is 2.08. The van der Waals surface area contributed by atoms with Crippen LogP contribution in [0.3, 0.4) is 0 Å². The lowest BCUT2D eigenvalue weighted by Crippen LogP contribution is -2.19. The number of nitrogens with zero attached hydrogens (tertiary/aromatic N) is 5. The monoisotopic (exact) mass is 359 g/mol. The minimum absolute atomic E-state index is 0.437. The summed E-state index contributed by atoms with van der Waals surface area (Å²) in [5, 5.41) is 4.75. The molecule has 0 aliphatic carbocycles. The van der Waals surface area contributed by atoms with E-state index in [9.17, 15) is 0 Å². The summed E-state index contributed by atoms with van der Waals surface area (Å²) < 4.78 is 21.5. The van der Waals surface area contributed by atoms with Crippen molar-refractivity contribution in [3.8, 4) is 17.2 Å². The van der Waals surface area contributed by atoms with Crippen molar-refractivity contribution in [1.82, 2.24) is 20.1 Å². The van der Waals surface area contributed by atoms with Crippen molar-refractivity contribution in [2.75, 3.05) is 33.3 Å². The molecule has 0 saturated carbocycles. The molecule has 0 aliphatic rings. The molecule has 9 nitrogen and oxygen atoms in total. The Hall–Kier alpha value is -3.10. The van der Waals surface area contributed by atoms with Crippen LogP contribution in [0.2, 0.25) is 0 Å². The summed E-state index contributed by atoms with van der Waals surface area (Å²) in [6.07, 6.45) is 2.18. The highest BCUT2D eigenvalue weighted by molar-refractivity contribution is 5.96. The zero-order chi connectivity index (χ0) is 18.7. The number of aryl methyl sites for hydroxylation is 1. The Morgan fingerprint density at radius 2 is 1.85 bits per heavy atom. The van der Waals surface area contributed by atoms with Crippen LogP contribution in [0, 0.1) is 0 Å². The van der Waals surface area contributed by atoms with Gasteiger partial charge >= 0.3 is 0 Å². The van der Waals surface area contributed by atoms with Crippen LogP contribution < -0.4 is 19.1 Å². The highest BCUT2D eigenvalue weighted by Gasteiger charge is 2.21. The third-order valence-electron chi connectivity index (χ3n) is 3.96. The van der Waals surface area contributed by atoms with Crippen molar-refractivity contribution in [3.63, 3.8) is 0 Å².